The minimum atomic E-state index is -0.650. The molecule has 1 heterocycles. The normalized spacial score (nSPS) is 10.7. The number of carbonyl (C=O) groups excluding carboxylic acids is 3. The molecule has 0 saturated carbocycles. The number of urea groups is 1. The number of carbonyl (C=O) groups is 3. The van der Waals surface area contributed by atoms with E-state index in [1.807, 2.05) is 30.5 Å². The van der Waals surface area contributed by atoms with Crippen LogP contribution in [0.2, 0.25) is 0 Å². The third-order valence-corrected chi connectivity index (χ3v) is 3.54. The van der Waals surface area contributed by atoms with E-state index in [-0.39, 0.29) is 12.5 Å². The SMILES string of the molecule is CC(C)NC(=O)NC(=O)COC(=O)CCCc1c[nH]c2ccccc12. The summed E-state index contributed by atoms with van der Waals surface area (Å²) in [6.07, 6.45) is 3.51. The van der Waals surface area contributed by atoms with Crippen molar-refractivity contribution in [3.8, 4) is 0 Å². The first kappa shape index (κ1) is 18.5. The quantitative estimate of drug-likeness (QED) is 0.670. The number of rotatable bonds is 7. The van der Waals surface area contributed by atoms with Crippen LogP contribution in [-0.4, -0.2) is 35.5 Å². The highest BCUT2D eigenvalue weighted by atomic mass is 16.5. The number of ether oxygens (including phenoxy) is 1. The number of aromatic nitrogens is 1. The Labute approximate surface area is 146 Å². The Morgan fingerprint density at radius 3 is 2.72 bits per heavy atom. The number of hydrogen-bond donors (Lipinski definition) is 3. The molecular formula is C18H23N3O4. The number of para-hydroxylation sites is 1. The van der Waals surface area contributed by atoms with Gasteiger partial charge in [0.05, 0.1) is 0 Å². The average molecular weight is 345 g/mol. The fourth-order valence-electron chi connectivity index (χ4n) is 2.44. The summed E-state index contributed by atoms with van der Waals surface area (Å²) in [6, 6.07) is 7.29. The Morgan fingerprint density at radius 2 is 1.96 bits per heavy atom. The second kappa shape index (κ2) is 8.86. The van der Waals surface area contributed by atoms with Gasteiger partial charge in [-0.05, 0) is 38.3 Å². The summed E-state index contributed by atoms with van der Waals surface area (Å²) < 4.78 is 4.88. The molecule has 0 fully saturated rings. The second-order valence-electron chi connectivity index (χ2n) is 6.05. The molecule has 0 atom stereocenters. The molecule has 7 nitrogen and oxygen atoms in total. The molecule has 134 valence electrons. The van der Waals surface area contributed by atoms with Gasteiger partial charge in [-0.3, -0.25) is 14.9 Å². The van der Waals surface area contributed by atoms with Crippen molar-refractivity contribution in [2.45, 2.75) is 39.2 Å². The van der Waals surface area contributed by atoms with Crippen molar-refractivity contribution in [2.24, 2.45) is 0 Å². The maximum absolute atomic E-state index is 11.7. The lowest BCUT2D eigenvalue weighted by molar-refractivity contribution is -0.148. The zero-order chi connectivity index (χ0) is 18.2. The van der Waals surface area contributed by atoms with Gasteiger partial charge >= 0.3 is 12.0 Å². The van der Waals surface area contributed by atoms with Crippen LogP contribution in [0, 0.1) is 0 Å². The standard InChI is InChI=1S/C18H23N3O4/c1-12(2)20-18(24)21-16(22)11-25-17(23)9-5-6-13-10-19-15-8-4-3-7-14(13)15/h3-4,7-8,10,12,19H,5-6,9,11H2,1-2H3,(H2,20,21,22,24). The molecule has 0 spiro atoms. The highest BCUT2D eigenvalue weighted by Crippen LogP contribution is 2.19. The molecule has 3 N–H and O–H groups in total. The topological polar surface area (TPSA) is 100 Å². The zero-order valence-electron chi connectivity index (χ0n) is 14.4. The van der Waals surface area contributed by atoms with Gasteiger partial charge < -0.3 is 15.0 Å². The maximum atomic E-state index is 11.7. The molecule has 0 radical (unpaired) electrons. The Balaban J connectivity index is 1.67. The van der Waals surface area contributed by atoms with Crippen LogP contribution in [0.4, 0.5) is 4.79 Å². The lowest BCUT2D eigenvalue weighted by Gasteiger charge is -2.09. The summed E-state index contributed by atoms with van der Waals surface area (Å²) in [7, 11) is 0. The summed E-state index contributed by atoms with van der Waals surface area (Å²) in [6.45, 7) is 3.09. The third-order valence-electron chi connectivity index (χ3n) is 3.54. The Hall–Kier alpha value is -2.83. The molecule has 0 aliphatic heterocycles. The number of aryl methyl sites for hydroxylation is 1. The van der Waals surface area contributed by atoms with E-state index >= 15 is 0 Å². The number of esters is 1. The minimum Gasteiger partial charge on any atom is -0.456 e. The summed E-state index contributed by atoms with van der Waals surface area (Å²) in [4.78, 5) is 37.7. The van der Waals surface area contributed by atoms with Gasteiger partial charge in [-0.2, -0.15) is 0 Å². The van der Waals surface area contributed by atoms with Gasteiger partial charge in [0, 0.05) is 29.6 Å². The van der Waals surface area contributed by atoms with E-state index in [4.69, 9.17) is 4.74 Å². The van der Waals surface area contributed by atoms with Crippen molar-refractivity contribution in [1.29, 1.82) is 0 Å². The fourth-order valence-corrected chi connectivity index (χ4v) is 2.44. The van der Waals surface area contributed by atoms with Crippen molar-refractivity contribution < 1.29 is 19.1 Å². The molecule has 0 unspecified atom stereocenters. The van der Waals surface area contributed by atoms with E-state index in [0.29, 0.717) is 6.42 Å². The molecule has 0 aliphatic carbocycles. The maximum Gasteiger partial charge on any atom is 0.321 e. The van der Waals surface area contributed by atoms with Gasteiger partial charge in [-0.15, -0.1) is 0 Å². The number of hydrogen-bond acceptors (Lipinski definition) is 4. The van der Waals surface area contributed by atoms with Crippen LogP contribution in [0.15, 0.2) is 30.5 Å². The largest absolute Gasteiger partial charge is 0.456 e. The molecule has 7 heteroatoms. The summed E-state index contributed by atoms with van der Waals surface area (Å²) in [5.41, 5.74) is 2.21. The first-order valence-corrected chi connectivity index (χ1v) is 8.26. The molecule has 2 rings (SSSR count). The van der Waals surface area contributed by atoms with E-state index in [1.165, 1.54) is 0 Å². The fraction of sp³-hybridized carbons (Fsp3) is 0.389. The van der Waals surface area contributed by atoms with Gasteiger partial charge in [0.2, 0.25) is 0 Å². The van der Waals surface area contributed by atoms with Crippen molar-refractivity contribution in [3.63, 3.8) is 0 Å². The van der Waals surface area contributed by atoms with Crippen LogP contribution in [0.25, 0.3) is 10.9 Å². The zero-order valence-corrected chi connectivity index (χ0v) is 14.4. The smallest absolute Gasteiger partial charge is 0.321 e. The van der Waals surface area contributed by atoms with E-state index in [2.05, 4.69) is 15.6 Å². The lowest BCUT2D eigenvalue weighted by Crippen LogP contribution is -2.44. The Bertz CT molecular complexity index is 752. The average Bonchev–Trinajstić information content (AvgIpc) is 2.95. The van der Waals surface area contributed by atoms with Crippen LogP contribution in [0.3, 0.4) is 0 Å². The summed E-state index contributed by atoms with van der Waals surface area (Å²) in [5.74, 6) is -1.11. The van der Waals surface area contributed by atoms with E-state index < -0.39 is 24.5 Å². The monoisotopic (exact) mass is 345 g/mol. The molecule has 3 amide bonds. The van der Waals surface area contributed by atoms with Gasteiger partial charge in [0.15, 0.2) is 6.61 Å². The molecule has 2 aromatic rings. The number of imide groups is 1. The van der Waals surface area contributed by atoms with Crippen LogP contribution in [-0.2, 0) is 20.7 Å². The Kier molecular flexibility index (Phi) is 6.56. The van der Waals surface area contributed by atoms with Crippen LogP contribution in [0.1, 0.15) is 32.3 Å². The van der Waals surface area contributed by atoms with E-state index in [0.717, 1.165) is 22.9 Å². The second-order valence-corrected chi connectivity index (χ2v) is 6.05. The van der Waals surface area contributed by atoms with Crippen molar-refractivity contribution in [1.82, 2.24) is 15.6 Å². The van der Waals surface area contributed by atoms with Crippen LogP contribution in [0.5, 0.6) is 0 Å². The molecule has 0 saturated heterocycles. The molecule has 25 heavy (non-hydrogen) atoms. The molecule has 0 aliphatic rings. The number of aromatic amines is 1. The molecule has 1 aromatic carbocycles. The number of fused-ring (bicyclic) bond motifs is 1. The van der Waals surface area contributed by atoms with Gasteiger partial charge in [-0.1, -0.05) is 18.2 Å². The van der Waals surface area contributed by atoms with Crippen LogP contribution < -0.4 is 10.6 Å². The van der Waals surface area contributed by atoms with Crippen molar-refractivity contribution >= 4 is 28.8 Å². The summed E-state index contributed by atoms with van der Waals surface area (Å²) >= 11 is 0. The van der Waals surface area contributed by atoms with Crippen molar-refractivity contribution in [2.75, 3.05) is 6.61 Å². The van der Waals surface area contributed by atoms with Gasteiger partial charge in [0.1, 0.15) is 0 Å². The number of H-pyrrole nitrogens is 1. The summed E-state index contributed by atoms with van der Waals surface area (Å²) in [5, 5.41) is 5.75. The lowest BCUT2D eigenvalue weighted by atomic mass is 10.1. The minimum absolute atomic E-state index is 0.0835. The van der Waals surface area contributed by atoms with E-state index in [9.17, 15) is 14.4 Å². The molecular weight excluding hydrogens is 322 g/mol. The molecule has 0 bridgehead atoms. The van der Waals surface area contributed by atoms with Crippen LogP contribution >= 0.6 is 0 Å². The highest BCUT2D eigenvalue weighted by Gasteiger charge is 2.12. The number of benzene rings is 1. The number of amides is 3. The van der Waals surface area contributed by atoms with Crippen molar-refractivity contribution in [3.05, 3.63) is 36.0 Å². The van der Waals surface area contributed by atoms with Gasteiger partial charge in [0.25, 0.3) is 5.91 Å². The number of nitrogens with one attached hydrogen (secondary N) is 3. The Morgan fingerprint density at radius 1 is 1.20 bits per heavy atom. The van der Waals surface area contributed by atoms with Gasteiger partial charge in [-0.25, -0.2) is 4.79 Å². The first-order chi connectivity index (χ1) is 12.0. The first-order valence-electron chi connectivity index (χ1n) is 8.26. The predicted molar refractivity (Wildman–Crippen MR) is 94.0 cm³/mol. The third kappa shape index (κ3) is 5.95. The highest BCUT2D eigenvalue weighted by molar-refractivity contribution is 5.95. The van der Waals surface area contributed by atoms with E-state index in [1.54, 1.807) is 13.8 Å². The predicted octanol–water partition coefficient (Wildman–Crippen LogP) is 2.27. The molecule has 1 aromatic heterocycles.